The number of carboxylic acid groups (broad SMARTS) is 1. The monoisotopic (exact) mass is 238 g/mol. The fourth-order valence-electron chi connectivity index (χ4n) is 0.956. The maximum atomic E-state index is 11.8. The lowest BCUT2D eigenvalue weighted by atomic mass is 10.4. The van der Waals surface area contributed by atoms with Crippen LogP contribution >= 0.6 is 0 Å². The van der Waals surface area contributed by atoms with Crippen molar-refractivity contribution in [2.45, 2.75) is 26.8 Å². The minimum absolute atomic E-state index is 0.145. The molecule has 15 heavy (non-hydrogen) atoms. The Balaban J connectivity index is 4.89. The summed E-state index contributed by atoms with van der Waals surface area (Å²) >= 11 is 0. The smallest absolute Gasteiger partial charge is 0.318 e. The van der Waals surface area contributed by atoms with Gasteiger partial charge in [0.25, 0.3) is 10.2 Å². The second kappa shape index (κ2) is 5.43. The van der Waals surface area contributed by atoms with Crippen LogP contribution in [-0.2, 0) is 15.0 Å². The molecule has 0 aromatic heterocycles. The summed E-state index contributed by atoms with van der Waals surface area (Å²) < 4.78 is 25.7. The van der Waals surface area contributed by atoms with Crippen LogP contribution in [0.5, 0.6) is 0 Å². The highest BCUT2D eigenvalue weighted by molar-refractivity contribution is 7.86. The molecule has 0 fully saturated rings. The van der Waals surface area contributed by atoms with Crippen LogP contribution in [0.1, 0.15) is 20.8 Å². The van der Waals surface area contributed by atoms with E-state index < -0.39 is 22.7 Å². The van der Waals surface area contributed by atoms with E-state index in [1.54, 1.807) is 20.8 Å². The first-order valence-electron chi connectivity index (χ1n) is 4.68. The van der Waals surface area contributed by atoms with Gasteiger partial charge in [0.15, 0.2) is 0 Å². The van der Waals surface area contributed by atoms with Crippen LogP contribution in [0.15, 0.2) is 0 Å². The molecule has 90 valence electrons. The number of carbonyl (C=O) groups is 1. The topological polar surface area (TPSA) is 77.9 Å². The molecule has 0 rings (SSSR count). The van der Waals surface area contributed by atoms with Gasteiger partial charge >= 0.3 is 5.97 Å². The zero-order valence-corrected chi connectivity index (χ0v) is 10.3. The van der Waals surface area contributed by atoms with Crippen LogP contribution in [0.2, 0.25) is 0 Å². The van der Waals surface area contributed by atoms with Crippen LogP contribution in [0.25, 0.3) is 0 Å². The molecule has 0 bridgehead atoms. The van der Waals surface area contributed by atoms with Crippen LogP contribution in [0, 0.1) is 0 Å². The van der Waals surface area contributed by atoms with E-state index in [9.17, 15) is 13.2 Å². The average Bonchev–Trinajstić information content (AvgIpc) is 2.11. The molecule has 0 saturated carbocycles. The van der Waals surface area contributed by atoms with Crippen molar-refractivity contribution in [3.63, 3.8) is 0 Å². The lowest BCUT2D eigenvalue weighted by Gasteiger charge is -2.27. The van der Waals surface area contributed by atoms with Crippen molar-refractivity contribution in [3.8, 4) is 0 Å². The van der Waals surface area contributed by atoms with Gasteiger partial charge in [0.2, 0.25) is 0 Å². The van der Waals surface area contributed by atoms with Crippen LogP contribution in [0.3, 0.4) is 0 Å². The van der Waals surface area contributed by atoms with Crippen LogP contribution in [-0.4, -0.2) is 54.3 Å². The summed E-state index contributed by atoms with van der Waals surface area (Å²) in [6.07, 6.45) is 0. The molecule has 0 aliphatic rings. The Morgan fingerprint density at radius 1 is 1.40 bits per heavy atom. The van der Waals surface area contributed by atoms with Gasteiger partial charge in [0, 0.05) is 19.6 Å². The van der Waals surface area contributed by atoms with Gasteiger partial charge in [-0.05, 0) is 13.8 Å². The molecule has 0 heterocycles. The predicted molar refractivity (Wildman–Crippen MR) is 56.7 cm³/mol. The zero-order valence-electron chi connectivity index (χ0n) is 9.47. The van der Waals surface area contributed by atoms with E-state index >= 15 is 0 Å². The summed E-state index contributed by atoms with van der Waals surface area (Å²) in [4.78, 5) is 10.5. The molecule has 0 aliphatic carbocycles. The van der Waals surface area contributed by atoms with Gasteiger partial charge < -0.3 is 5.11 Å². The van der Waals surface area contributed by atoms with Crippen LogP contribution in [0.4, 0.5) is 0 Å². The summed E-state index contributed by atoms with van der Waals surface area (Å²) in [5.74, 6) is -1.16. The highest BCUT2D eigenvalue weighted by Crippen LogP contribution is 2.09. The van der Waals surface area contributed by atoms with E-state index in [-0.39, 0.29) is 12.6 Å². The molecule has 0 unspecified atom stereocenters. The van der Waals surface area contributed by atoms with E-state index in [2.05, 4.69) is 0 Å². The number of aliphatic carboxylic acids is 1. The Labute approximate surface area is 90.7 Å². The molecule has 0 saturated heterocycles. The number of rotatable bonds is 6. The Morgan fingerprint density at radius 2 is 1.87 bits per heavy atom. The molecule has 0 amide bonds. The minimum atomic E-state index is -3.66. The summed E-state index contributed by atoms with van der Waals surface area (Å²) in [5.41, 5.74) is 0. The Hall–Kier alpha value is -0.660. The summed E-state index contributed by atoms with van der Waals surface area (Å²) in [7, 11) is -2.22. The molecule has 0 aromatic carbocycles. The number of carboxylic acids is 1. The fourth-order valence-corrected chi connectivity index (χ4v) is 2.45. The second-order valence-electron chi connectivity index (χ2n) is 3.44. The average molecular weight is 238 g/mol. The molecule has 0 atom stereocenters. The molecule has 0 radical (unpaired) electrons. The van der Waals surface area contributed by atoms with Crippen molar-refractivity contribution in [3.05, 3.63) is 0 Å². The number of nitrogens with zero attached hydrogens (tertiary/aromatic N) is 2. The zero-order chi connectivity index (χ0) is 12.2. The highest BCUT2D eigenvalue weighted by atomic mass is 32.2. The predicted octanol–water partition coefficient (Wildman–Crippen LogP) is -0.0221. The first-order valence-corrected chi connectivity index (χ1v) is 6.08. The van der Waals surface area contributed by atoms with Crippen molar-refractivity contribution < 1.29 is 18.3 Å². The third-order valence-corrected chi connectivity index (χ3v) is 4.27. The van der Waals surface area contributed by atoms with Gasteiger partial charge in [-0.15, -0.1) is 0 Å². The van der Waals surface area contributed by atoms with Gasteiger partial charge in [0.05, 0.1) is 0 Å². The fraction of sp³-hybridized carbons (Fsp3) is 0.875. The van der Waals surface area contributed by atoms with Crippen molar-refractivity contribution in [2.24, 2.45) is 0 Å². The highest BCUT2D eigenvalue weighted by Gasteiger charge is 2.28. The Morgan fingerprint density at radius 3 is 2.13 bits per heavy atom. The molecule has 6 nitrogen and oxygen atoms in total. The first-order chi connectivity index (χ1) is 6.73. The third kappa shape index (κ3) is 3.77. The minimum Gasteiger partial charge on any atom is -0.480 e. The molecule has 7 heteroatoms. The lowest BCUT2D eigenvalue weighted by Crippen LogP contribution is -2.46. The quantitative estimate of drug-likeness (QED) is 0.705. The van der Waals surface area contributed by atoms with E-state index in [1.165, 1.54) is 7.05 Å². The standard InChI is InChI=1S/C8H18N2O4S/c1-5-10(6-8(11)12)15(13,14)9(4)7(2)3/h7H,5-6H2,1-4H3,(H,11,12). The molecule has 0 aliphatic heterocycles. The van der Waals surface area contributed by atoms with E-state index in [0.29, 0.717) is 0 Å². The largest absolute Gasteiger partial charge is 0.480 e. The van der Waals surface area contributed by atoms with Crippen molar-refractivity contribution in [2.75, 3.05) is 20.1 Å². The molecular weight excluding hydrogens is 220 g/mol. The maximum Gasteiger partial charge on any atom is 0.318 e. The number of hydrogen-bond donors (Lipinski definition) is 1. The second-order valence-corrected chi connectivity index (χ2v) is 5.43. The van der Waals surface area contributed by atoms with Crippen molar-refractivity contribution in [1.29, 1.82) is 0 Å². The van der Waals surface area contributed by atoms with Crippen LogP contribution < -0.4 is 0 Å². The lowest BCUT2D eigenvalue weighted by molar-refractivity contribution is -0.137. The molecule has 0 aromatic rings. The number of hydrogen-bond acceptors (Lipinski definition) is 3. The third-order valence-electron chi connectivity index (χ3n) is 2.08. The van der Waals surface area contributed by atoms with Crippen molar-refractivity contribution >= 4 is 16.2 Å². The van der Waals surface area contributed by atoms with Gasteiger partial charge in [-0.3, -0.25) is 4.79 Å². The summed E-state index contributed by atoms with van der Waals surface area (Å²) in [6, 6.07) is -0.196. The van der Waals surface area contributed by atoms with E-state index in [4.69, 9.17) is 5.11 Å². The van der Waals surface area contributed by atoms with Crippen molar-refractivity contribution in [1.82, 2.24) is 8.61 Å². The van der Waals surface area contributed by atoms with Gasteiger partial charge in [0.1, 0.15) is 6.54 Å². The van der Waals surface area contributed by atoms with Gasteiger partial charge in [-0.1, -0.05) is 6.92 Å². The molecule has 0 spiro atoms. The van der Waals surface area contributed by atoms with Gasteiger partial charge in [-0.2, -0.15) is 17.0 Å². The maximum absolute atomic E-state index is 11.8. The van der Waals surface area contributed by atoms with Gasteiger partial charge in [-0.25, -0.2) is 0 Å². The Kier molecular flexibility index (Phi) is 5.19. The van der Waals surface area contributed by atoms with E-state index in [0.717, 1.165) is 8.61 Å². The Bertz CT molecular complexity index is 313. The van der Waals surface area contributed by atoms with E-state index in [1.807, 2.05) is 0 Å². The normalized spacial score (nSPS) is 12.7. The summed E-state index contributed by atoms with van der Waals surface area (Å²) in [6.45, 7) is 4.70. The first kappa shape index (κ1) is 14.3. The molecular formula is C8H18N2O4S. The number of likely N-dealkylation sites (N-methyl/N-ethyl adjacent to an activating group) is 1. The summed E-state index contributed by atoms with van der Waals surface area (Å²) in [5, 5.41) is 8.57. The molecule has 1 N–H and O–H groups in total. The SMILES string of the molecule is CCN(CC(=O)O)S(=O)(=O)N(C)C(C)C.